The predicted molar refractivity (Wildman–Crippen MR) is 77.7 cm³/mol. The summed E-state index contributed by atoms with van der Waals surface area (Å²) in [6, 6.07) is 18.4. The molecule has 2 aromatic heterocycles. The van der Waals surface area contributed by atoms with Gasteiger partial charge in [0.1, 0.15) is 5.75 Å². The molecule has 0 saturated heterocycles. The van der Waals surface area contributed by atoms with Crippen LogP contribution in [0, 0.1) is 0 Å². The fraction of sp³-hybridized carbons (Fsp3) is 0.125. The van der Waals surface area contributed by atoms with Crippen molar-refractivity contribution in [1.29, 1.82) is 0 Å². The Kier molecular flexibility index (Phi) is 3.11. The molecular weight excluding hydrogens is 236 g/mol. The van der Waals surface area contributed by atoms with Gasteiger partial charge in [-0.05, 0) is 48.5 Å². The Morgan fingerprint density at radius 2 is 1.84 bits per heavy atom. The molecule has 0 aliphatic rings. The van der Waals surface area contributed by atoms with Gasteiger partial charge < -0.3 is 14.5 Å². The lowest BCUT2D eigenvalue weighted by molar-refractivity contribution is 0.415. The second-order valence-electron chi connectivity index (χ2n) is 4.40. The molecule has 1 N–H and O–H groups in total. The van der Waals surface area contributed by atoms with E-state index in [0.29, 0.717) is 0 Å². The second-order valence-corrected chi connectivity index (χ2v) is 4.40. The average molecular weight is 252 g/mol. The van der Waals surface area contributed by atoms with E-state index in [4.69, 9.17) is 4.74 Å². The van der Waals surface area contributed by atoms with Gasteiger partial charge in [0, 0.05) is 23.1 Å². The van der Waals surface area contributed by atoms with E-state index < -0.39 is 0 Å². The number of rotatable bonds is 4. The van der Waals surface area contributed by atoms with Crippen LogP contribution in [0.25, 0.3) is 5.52 Å². The van der Waals surface area contributed by atoms with Gasteiger partial charge in [-0.3, -0.25) is 0 Å². The van der Waals surface area contributed by atoms with Crippen molar-refractivity contribution in [1.82, 2.24) is 4.40 Å². The molecule has 96 valence electrons. The van der Waals surface area contributed by atoms with Gasteiger partial charge in [-0.25, -0.2) is 0 Å². The Balaban J connectivity index is 1.74. The minimum atomic E-state index is 0.796. The fourth-order valence-electron chi connectivity index (χ4n) is 2.16. The summed E-state index contributed by atoms with van der Waals surface area (Å²) in [5.41, 5.74) is 3.55. The van der Waals surface area contributed by atoms with E-state index in [9.17, 15) is 0 Å². The van der Waals surface area contributed by atoms with Crippen molar-refractivity contribution in [2.45, 2.75) is 6.54 Å². The fourth-order valence-corrected chi connectivity index (χ4v) is 2.16. The zero-order chi connectivity index (χ0) is 13.1. The molecule has 0 saturated carbocycles. The van der Waals surface area contributed by atoms with Crippen LogP contribution in [0.15, 0.2) is 60.8 Å². The number of hydrogen-bond acceptors (Lipinski definition) is 2. The van der Waals surface area contributed by atoms with E-state index >= 15 is 0 Å². The molecule has 0 atom stereocenters. The molecule has 0 aliphatic heterocycles. The van der Waals surface area contributed by atoms with Gasteiger partial charge in [-0.15, -0.1) is 0 Å². The largest absolute Gasteiger partial charge is 0.497 e. The Morgan fingerprint density at radius 3 is 2.63 bits per heavy atom. The van der Waals surface area contributed by atoms with Crippen molar-refractivity contribution in [3.63, 3.8) is 0 Å². The molecule has 19 heavy (non-hydrogen) atoms. The van der Waals surface area contributed by atoms with Crippen LogP contribution in [0.3, 0.4) is 0 Å². The highest BCUT2D eigenvalue weighted by molar-refractivity contribution is 5.51. The maximum absolute atomic E-state index is 5.15. The number of fused-ring (bicyclic) bond motifs is 1. The van der Waals surface area contributed by atoms with Gasteiger partial charge in [0.25, 0.3) is 0 Å². The molecule has 0 aliphatic carbocycles. The first kappa shape index (κ1) is 11.7. The van der Waals surface area contributed by atoms with Crippen LogP contribution in [0.4, 0.5) is 5.69 Å². The Hall–Kier alpha value is -2.42. The zero-order valence-corrected chi connectivity index (χ0v) is 10.8. The van der Waals surface area contributed by atoms with Crippen molar-refractivity contribution in [3.05, 3.63) is 66.5 Å². The number of hydrogen-bond donors (Lipinski definition) is 1. The van der Waals surface area contributed by atoms with Crippen LogP contribution < -0.4 is 10.1 Å². The van der Waals surface area contributed by atoms with E-state index in [2.05, 4.69) is 40.2 Å². The maximum atomic E-state index is 5.15. The Morgan fingerprint density at radius 1 is 1.00 bits per heavy atom. The summed E-state index contributed by atoms with van der Waals surface area (Å²) in [5, 5.41) is 3.41. The number of aromatic nitrogens is 1. The number of nitrogens with zero attached hydrogens (tertiary/aromatic N) is 1. The minimum Gasteiger partial charge on any atom is -0.497 e. The molecule has 0 spiro atoms. The molecule has 0 unspecified atom stereocenters. The number of pyridine rings is 1. The molecule has 3 aromatic rings. The summed E-state index contributed by atoms with van der Waals surface area (Å²) in [5.74, 6) is 0.874. The summed E-state index contributed by atoms with van der Waals surface area (Å²) in [6.07, 6.45) is 2.08. The number of benzene rings is 1. The first-order chi connectivity index (χ1) is 9.36. The number of nitrogens with one attached hydrogen (secondary N) is 1. The third kappa shape index (κ3) is 2.40. The second kappa shape index (κ2) is 5.06. The molecule has 0 bridgehead atoms. The summed E-state index contributed by atoms with van der Waals surface area (Å²) in [4.78, 5) is 0. The van der Waals surface area contributed by atoms with Crippen molar-refractivity contribution < 1.29 is 4.74 Å². The van der Waals surface area contributed by atoms with Crippen LogP contribution in [-0.2, 0) is 6.54 Å². The highest BCUT2D eigenvalue weighted by Gasteiger charge is 2.00. The highest BCUT2D eigenvalue weighted by Crippen LogP contribution is 2.16. The van der Waals surface area contributed by atoms with E-state index in [0.717, 1.165) is 18.0 Å². The average Bonchev–Trinajstić information content (AvgIpc) is 2.89. The van der Waals surface area contributed by atoms with E-state index in [1.54, 1.807) is 7.11 Å². The van der Waals surface area contributed by atoms with Crippen molar-refractivity contribution in [2.24, 2.45) is 0 Å². The molecule has 3 rings (SSSR count). The summed E-state index contributed by atoms with van der Waals surface area (Å²) in [7, 11) is 1.68. The standard InChI is InChI=1S/C16H16N2O/c1-19-16-9-5-13(6-10-16)17-12-15-8-7-14-4-2-3-11-18(14)15/h2-11,17H,12H2,1H3. The minimum absolute atomic E-state index is 0.796. The van der Waals surface area contributed by atoms with Crippen LogP contribution in [0.2, 0.25) is 0 Å². The van der Waals surface area contributed by atoms with Gasteiger partial charge in [0.05, 0.1) is 13.7 Å². The number of ether oxygens (including phenoxy) is 1. The first-order valence-electron chi connectivity index (χ1n) is 6.30. The maximum Gasteiger partial charge on any atom is 0.119 e. The molecular formula is C16H16N2O. The molecule has 0 radical (unpaired) electrons. The quantitative estimate of drug-likeness (QED) is 0.768. The summed E-state index contributed by atoms with van der Waals surface area (Å²) >= 11 is 0. The monoisotopic (exact) mass is 252 g/mol. The highest BCUT2D eigenvalue weighted by atomic mass is 16.5. The van der Waals surface area contributed by atoms with Crippen molar-refractivity contribution in [2.75, 3.05) is 12.4 Å². The lowest BCUT2D eigenvalue weighted by atomic mass is 10.3. The van der Waals surface area contributed by atoms with Gasteiger partial charge in [-0.2, -0.15) is 0 Å². The number of anilines is 1. The van der Waals surface area contributed by atoms with Crippen LogP contribution in [-0.4, -0.2) is 11.5 Å². The topological polar surface area (TPSA) is 25.7 Å². The van der Waals surface area contributed by atoms with Gasteiger partial charge in [0.15, 0.2) is 0 Å². The lowest BCUT2D eigenvalue weighted by Gasteiger charge is -2.08. The van der Waals surface area contributed by atoms with E-state index in [-0.39, 0.29) is 0 Å². The van der Waals surface area contributed by atoms with Gasteiger partial charge in [0.2, 0.25) is 0 Å². The van der Waals surface area contributed by atoms with Crippen LogP contribution in [0.1, 0.15) is 5.69 Å². The van der Waals surface area contributed by atoms with E-state index in [1.165, 1.54) is 11.2 Å². The van der Waals surface area contributed by atoms with Gasteiger partial charge >= 0.3 is 0 Å². The summed E-state index contributed by atoms with van der Waals surface area (Å²) in [6.45, 7) is 0.796. The lowest BCUT2D eigenvalue weighted by Crippen LogP contribution is -2.02. The zero-order valence-electron chi connectivity index (χ0n) is 10.8. The normalized spacial score (nSPS) is 10.6. The third-order valence-electron chi connectivity index (χ3n) is 3.21. The molecule has 0 amide bonds. The van der Waals surface area contributed by atoms with Crippen LogP contribution >= 0.6 is 0 Å². The molecule has 1 aromatic carbocycles. The number of methoxy groups -OCH3 is 1. The Labute approximate surface area is 112 Å². The first-order valence-corrected chi connectivity index (χ1v) is 6.30. The van der Waals surface area contributed by atoms with Crippen LogP contribution in [0.5, 0.6) is 5.75 Å². The van der Waals surface area contributed by atoms with Crippen molar-refractivity contribution >= 4 is 11.2 Å². The molecule has 3 nitrogen and oxygen atoms in total. The summed E-state index contributed by atoms with van der Waals surface area (Å²) < 4.78 is 7.34. The van der Waals surface area contributed by atoms with Gasteiger partial charge in [-0.1, -0.05) is 6.07 Å². The van der Waals surface area contributed by atoms with E-state index in [1.807, 2.05) is 30.3 Å². The smallest absolute Gasteiger partial charge is 0.119 e. The molecule has 2 heterocycles. The SMILES string of the molecule is COc1ccc(NCc2ccc3ccccn23)cc1. The van der Waals surface area contributed by atoms with Crippen molar-refractivity contribution in [3.8, 4) is 5.75 Å². The molecule has 3 heteroatoms. The predicted octanol–water partition coefficient (Wildman–Crippen LogP) is 3.56. The third-order valence-corrected chi connectivity index (χ3v) is 3.21. The molecule has 0 fully saturated rings. The Bertz CT molecular complexity index is 671.